The standard InChI is InChI=1S/C30H48O3/c1-19(2)20(3)8-9-21(4)25-10-11-26-24-13-17-30(32)18-23(33-22(5)31)12-16-29(30,7)27(24)14-15-28(25,26)6/h13-14,19-21,23,25-26,32H,8-12,15-18H2,1-7H3. The number of hydrogen-bond acceptors (Lipinski definition) is 3. The van der Waals surface area contributed by atoms with Crippen molar-refractivity contribution in [2.45, 2.75) is 118 Å². The Morgan fingerprint density at radius 1 is 1.09 bits per heavy atom. The van der Waals surface area contributed by atoms with Crippen molar-refractivity contribution in [3.05, 3.63) is 23.3 Å². The van der Waals surface area contributed by atoms with E-state index in [0.717, 1.165) is 42.9 Å². The fourth-order valence-corrected chi connectivity index (χ4v) is 8.18. The first kappa shape index (κ1) is 25.0. The molecule has 3 heteroatoms. The molecule has 0 saturated heterocycles. The summed E-state index contributed by atoms with van der Waals surface area (Å²) < 4.78 is 5.53. The van der Waals surface area contributed by atoms with E-state index in [-0.39, 0.29) is 17.5 Å². The maximum absolute atomic E-state index is 11.8. The maximum atomic E-state index is 11.8. The average Bonchev–Trinajstić information content (AvgIpc) is 3.09. The van der Waals surface area contributed by atoms with E-state index in [1.165, 1.54) is 38.2 Å². The van der Waals surface area contributed by atoms with Crippen molar-refractivity contribution in [1.82, 2.24) is 0 Å². The minimum atomic E-state index is -0.813. The van der Waals surface area contributed by atoms with Crippen molar-refractivity contribution in [3.63, 3.8) is 0 Å². The topological polar surface area (TPSA) is 46.5 Å². The molecule has 1 N–H and O–H groups in total. The molecule has 0 aromatic heterocycles. The molecule has 0 radical (unpaired) electrons. The van der Waals surface area contributed by atoms with Gasteiger partial charge in [-0.15, -0.1) is 0 Å². The fourth-order valence-electron chi connectivity index (χ4n) is 8.18. The van der Waals surface area contributed by atoms with Crippen LogP contribution in [0, 0.1) is 40.4 Å². The highest BCUT2D eigenvalue weighted by atomic mass is 16.5. The summed E-state index contributed by atoms with van der Waals surface area (Å²) in [5, 5.41) is 11.8. The monoisotopic (exact) mass is 456 g/mol. The first-order valence-electron chi connectivity index (χ1n) is 13.7. The van der Waals surface area contributed by atoms with Gasteiger partial charge in [0.05, 0.1) is 5.60 Å². The van der Waals surface area contributed by atoms with Crippen LogP contribution in [0.25, 0.3) is 0 Å². The zero-order chi connectivity index (χ0) is 24.2. The maximum Gasteiger partial charge on any atom is 0.302 e. The Labute approximate surface area is 202 Å². The molecule has 3 nitrogen and oxygen atoms in total. The lowest BCUT2D eigenvalue weighted by Gasteiger charge is -2.57. The lowest BCUT2D eigenvalue weighted by Crippen LogP contribution is -2.56. The van der Waals surface area contributed by atoms with E-state index >= 15 is 0 Å². The number of ether oxygens (including phenoxy) is 1. The zero-order valence-corrected chi connectivity index (χ0v) is 22.2. The van der Waals surface area contributed by atoms with Crippen molar-refractivity contribution in [2.24, 2.45) is 40.4 Å². The first-order valence-corrected chi connectivity index (χ1v) is 13.7. The molecule has 186 valence electrons. The number of rotatable bonds is 6. The molecule has 8 unspecified atom stereocenters. The van der Waals surface area contributed by atoms with Crippen LogP contribution in [0.3, 0.4) is 0 Å². The number of carbonyl (C=O) groups is 1. The Balaban J connectivity index is 1.54. The van der Waals surface area contributed by atoms with Crippen LogP contribution in [0.5, 0.6) is 0 Å². The van der Waals surface area contributed by atoms with Crippen molar-refractivity contribution in [3.8, 4) is 0 Å². The highest BCUT2D eigenvalue weighted by Gasteiger charge is 2.60. The van der Waals surface area contributed by atoms with Gasteiger partial charge in [0.15, 0.2) is 0 Å². The van der Waals surface area contributed by atoms with Gasteiger partial charge in [-0.05, 0) is 84.7 Å². The molecule has 0 heterocycles. The SMILES string of the molecule is CC(=O)OC1CCC2(C)C3=CCC4(C)C(CCC4C(C)CCC(C)C(C)C)C3=CCC2(O)C1. The normalized spacial score (nSPS) is 41.9. The van der Waals surface area contributed by atoms with Crippen LogP contribution in [0.2, 0.25) is 0 Å². The molecule has 0 spiro atoms. The summed E-state index contributed by atoms with van der Waals surface area (Å²) in [4.78, 5) is 11.5. The number of aliphatic hydroxyl groups is 1. The van der Waals surface area contributed by atoms with Crippen LogP contribution >= 0.6 is 0 Å². The minimum Gasteiger partial charge on any atom is -0.462 e. The molecule has 4 aliphatic carbocycles. The predicted octanol–water partition coefficient (Wildman–Crippen LogP) is 7.24. The Kier molecular flexibility index (Phi) is 6.71. The zero-order valence-electron chi connectivity index (χ0n) is 22.2. The smallest absolute Gasteiger partial charge is 0.302 e. The van der Waals surface area contributed by atoms with Gasteiger partial charge < -0.3 is 9.84 Å². The third-order valence-corrected chi connectivity index (χ3v) is 10.9. The van der Waals surface area contributed by atoms with E-state index in [2.05, 4.69) is 53.7 Å². The highest BCUT2D eigenvalue weighted by Crippen LogP contribution is 2.65. The molecule has 0 aromatic carbocycles. The molecular formula is C30H48O3. The van der Waals surface area contributed by atoms with Crippen molar-refractivity contribution in [1.29, 1.82) is 0 Å². The third kappa shape index (κ3) is 4.15. The van der Waals surface area contributed by atoms with E-state index in [0.29, 0.717) is 24.2 Å². The van der Waals surface area contributed by atoms with Crippen molar-refractivity contribution in [2.75, 3.05) is 0 Å². The van der Waals surface area contributed by atoms with E-state index in [4.69, 9.17) is 4.74 Å². The summed E-state index contributed by atoms with van der Waals surface area (Å²) in [6, 6.07) is 0. The summed E-state index contributed by atoms with van der Waals surface area (Å²) in [5.41, 5.74) is 2.27. The second-order valence-corrected chi connectivity index (χ2v) is 13.0. The molecule has 0 amide bonds. The van der Waals surface area contributed by atoms with Crippen LogP contribution in [0.4, 0.5) is 0 Å². The van der Waals surface area contributed by atoms with Gasteiger partial charge in [-0.2, -0.15) is 0 Å². The fraction of sp³-hybridized carbons (Fsp3) is 0.833. The molecule has 4 rings (SSSR count). The Hall–Kier alpha value is -1.09. The van der Waals surface area contributed by atoms with E-state index in [1.807, 2.05) is 0 Å². The van der Waals surface area contributed by atoms with E-state index in [9.17, 15) is 9.90 Å². The molecule has 0 aromatic rings. The van der Waals surface area contributed by atoms with Crippen LogP contribution in [0.15, 0.2) is 23.3 Å². The van der Waals surface area contributed by atoms with Crippen LogP contribution in [-0.2, 0) is 9.53 Å². The van der Waals surface area contributed by atoms with Gasteiger partial charge in [-0.1, -0.05) is 66.5 Å². The van der Waals surface area contributed by atoms with Gasteiger partial charge in [0.25, 0.3) is 0 Å². The Morgan fingerprint density at radius 3 is 2.48 bits per heavy atom. The molecular weight excluding hydrogens is 408 g/mol. The van der Waals surface area contributed by atoms with Crippen LogP contribution < -0.4 is 0 Å². The number of esters is 1. The number of carbonyl (C=O) groups excluding carboxylic acids is 1. The van der Waals surface area contributed by atoms with Gasteiger partial charge in [0, 0.05) is 18.8 Å². The summed E-state index contributed by atoms with van der Waals surface area (Å²) in [6.07, 6.45) is 14.2. The summed E-state index contributed by atoms with van der Waals surface area (Å²) in [5.74, 6) is 3.52. The summed E-state index contributed by atoms with van der Waals surface area (Å²) >= 11 is 0. The molecule has 2 saturated carbocycles. The molecule has 0 aliphatic heterocycles. The summed E-state index contributed by atoms with van der Waals surface area (Å²) in [6.45, 7) is 15.9. The Bertz CT molecular complexity index is 824. The van der Waals surface area contributed by atoms with Crippen LogP contribution in [-0.4, -0.2) is 22.8 Å². The number of hydrogen-bond donors (Lipinski definition) is 1. The first-order chi connectivity index (χ1) is 15.4. The minimum absolute atomic E-state index is 0.157. The van der Waals surface area contributed by atoms with Crippen molar-refractivity contribution < 1.29 is 14.6 Å². The molecule has 4 aliphatic rings. The molecule has 0 bridgehead atoms. The molecule has 2 fully saturated rings. The molecule has 33 heavy (non-hydrogen) atoms. The Morgan fingerprint density at radius 2 is 1.82 bits per heavy atom. The van der Waals surface area contributed by atoms with Gasteiger partial charge in [-0.3, -0.25) is 4.79 Å². The van der Waals surface area contributed by atoms with Gasteiger partial charge in [0.1, 0.15) is 6.10 Å². The summed E-state index contributed by atoms with van der Waals surface area (Å²) in [7, 11) is 0. The second kappa shape index (κ2) is 8.85. The average molecular weight is 457 g/mol. The third-order valence-electron chi connectivity index (χ3n) is 10.9. The van der Waals surface area contributed by atoms with Crippen molar-refractivity contribution >= 4 is 5.97 Å². The second-order valence-electron chi connectivity index (χ2n) is 13.0. The van der Waals surface area contributed by atoms with Gasteiger partial charge in [-0.25, -0.2) is 0 Å². The van der Waals surface area contributed by atoms with Gasteiger partial charge >= 0.3 is 5.97 Å². The predicted molar refractivity (Wildman–Crippen MR) is 135 cm³/mol. The van der Waals surface area contributed by atoms with E-state index in [1.54, 1.807) is 5.57 Å². The highest BCUT2D eigenvalue weighted by molar-refractivity contribution is 5.66. The molecule has 8 atom stereocenters. The van der Waals surface area contributed by atoms with E-state index < -0.39 is 5.60 Å². The largest absolute Gasteiger partial charge is 0.462 e. The number of allylic oxidation sites excluding steroid dienone is 2. The lowest BCUT2D eigenvalue weighted by atomic mass is 9.50. The quantitative estimate of drug-likeness (QED) is 0.428. The lowest BCUT2D eigenvalue weighted by molar-refractivity contribution is -0.163. The van der Waals surface area contributed by atoms with Crippen LogP contribution in [0.1, 0.15) is 106 Å². The van der Waals surface area contributed by atoms with Gasteiger partial charge in [0.2, 0.25) is 0 Å². The number of fused-ring (bicyclic) bond motifs is 5.